The molecule has 0 radical (unpaired) electrons. The Morgan fingerprint density at radius 1 is 0.812 bits per heavy atom. The van der Waals surface area contributed by atoms with Crippen LogP contribution < -0.4 is 0 Å². The fraction of sp³-hybridized carbons (Fsp3) is 0.111. The van der Waals surface area contributed by atoms with E-state index < -0.39 is 0 Å². The Labute approximate surface area is 184 Å². The van der Waals surface area contributed by atoms with Crippen LogP contribution in [-0.2, 0) is 0 Å². The van der Waals surface area contributed by atoms with Crippen molar-refractivity contribution in [2.75, 3.05) is 0 Å². The van der Waals surface area contributed by atoms with E-state index in [9.17, 15) is 4.39 Å². The summed E-state index contributed by atoms with van der Waals surface area (Å²) >= 11 is 0. The average molecular weight is 421 g/mol. The van der Waals surface area contributed by atoms with Gasteiger partial charge in [0, 0.05) is 28.2 Å². The molecular weight excluding hydrogens is 401 g/mol. The number of hydrogen-bond acceptors (Lipinski definition) is 3. The highest BCUT2D eigenvalue weighted by molar-refractivity contribution is 6.09. The number of aryl methyl sites for hydroxylation is 3. The summed E-state index contributed by atoms with van der Waals surface area (Å²) in [4.78, 5) is 9.77. The highest BCUT2D eigenvalue weighted by atomic mass is 19.1. The number of para-hydroxylation sites is 2. The summed E-state index contributed by atoms with van der Waals surface area (Å²) in [6.45, 7) is 6.10. The maximum absolute atomic E-state index is 13.9. The Morgan fingerprint density at radius 3 is 2.44 bits per heavy atom. The molecule has 0 fully saturated rings. The molecule has 32 heavy (non-hydrogen) atoms. The molecule has 0 N–H and O–H groups in total. The summed E-state index contributed by atoms with van der Waals surface area (Å²) in [6, 6.07) is 20.8. The number of furan rings is 1. The Hall–Kier alpha value is -3.99. The third kappa shape index (κ3) is 2.61. The number of benzene rings is 3. The van der Waals surface area contributed by atoms with E-state index in [1.807, 2.05) is 50.2 Å². The number of aromatic nitrogens is 3. The second-order valence-corrected chi connectivity index (χ2v) is 8.14. The van der Waals surface area contributed by atoms with Gasteiger partial charge in [0.15, 0.2) is 0 Å². The number of rotatable bonds is 2. The van der Waals surface area contributed by atoms with Crippen molar-refractivity contribution in [3.8, 4) is 17.1 Å². The van der Waals surface area contributed by atoms with E-state index >= 15 is 0 Å². The summed E-state index contributed by atoms with van der Waals surface area (Å²) < 4.78 is 22.2. The minimum atomic E-state index is -0.317. The maximum Gasteiger partial charge on any atom is 0.149 e. The Bertz CT molecular complexity index is 1660. The fourth-order valence-corrected chi connectivity index (χ4v) is 4.54. The molecule has 4 nitrogen and oxygen atoms in total. The van der Waals surface area contributed by atoms with Crippen molar-refractivity contribution in [3.63, 3.8) is 0 Å². The normalized spacial score (nSPS) is 11.8. The van der Waals surface area contributed by atoms with Gasteiger partial charge in [-0.3, -0.25) is 9.55 Å². The van der Waals surface area contributed by atoms with Crippen LogP contribution in [0.1, 0.15) is 17.0 Å². The van der Waals surface area contributed by atoms with E-state index in [1.165, 1.54) is 12.1 Å². The number of fused-ring (bicyclic) bond motifs is 4. The third-order valence-corrected chi connectivity index (χ3v) is 6.17. The molecule has 3 aromatic heterocycles. The molecule has 0 bridgehead atoms. The molecule has 5 heteroatoms. The SMILES string of the molecule is Cc1nc(C)c2nc(-c3cccc4c3oc3cc(F)ccc34)n(-c3ccccc3)c2c1C. The highest BCUT2D eigenvalue weighted by Gasteiger charge is 2.22. The van der Waals surface area contributed by atoms with Crippen molar-refractivity contribution in [2.45, 2.75) is 20.8 Å². The van der Waals surface area contributed by atoms with E-state index in [2.05, 4.69) is 23.6 Å². The quantitative estimate of drug-likeness (QED) is 0.301. The van der Waals surface area contributed by atoms with Crippen LogP contribution in [0.4, 0.5) is 4.39 Å². The first-order chi connectivity index (χ1) is 15.5. The van der Waals surface area contributed by atoms with Crippen LogP contribution in [0, 0.1) is 26.6 Å². The molecule has 0 aliphatic heterocycles. The van der Waals surface area contributed by atoms with Crippen LogP contribution in [0.15, 0.2) is 71.1 Å². The van der Waals surface area contributed by atoms with Crippen molar-refractivity contribution in [3.05, 3.63) is 89.5 Å². The van der Waals surface area contributed by atoms with Crippen molar-refractivity contribution >= 4 is 33.0 Å². The summed E-state index contributed by atoms with van der Waals surface area (Å²) in [5, 5.41) is 1.82. The average Bonchev–Trinajstić information content (AvgIpc) is 3.37. The van der Waals surface area contributed by atoms with Gasteiger partial charge in [0.2, 0.25) is 0 Å². The smallest absolute Gasteiger partial charge is 0.149 e. The first-order valence-corrected chi connectivity index (χ1v) is 10.6. The van der Waals surface area contributed by atoms with Crippen molar-refractivity contribution in [2.24, 2.45) is 0 Å². The van der Waals surface area contributed by atoms with Gasteiger partial charge in [-0.15, -0.1) is 0 Å². The molecule has 3 heterocycles. The lowest BCUT2D eigenvalue weighted by molar-refractivity contribution is 0.618. The molecule has 0 spiro atoms. The monoisotopic (exact) mass is 421 g/mol. The second kappa shape index (κ2) is 6.76. The maximum atomic E-state index is 13.9. The molecule has 0 unspecified atom stereocenters. The zero-order chi connectivity index (χ0) is 22.0. The summed E-state index contributed by atoms with van der Waals surface area (Å²) in [5.74, 6) is 0.456. The van der Waals surface area contributed by atoms with Gasteiger partial charge in [-0.1, -0.05) is 30.3 Å². The lowest BCUT2D eigenvalue weighted by Crippen LogP contribution is -2.00. The summed E-state index contributed by atoms with van der Waals surface area (Å²) in [5.41, 5.74) is 7.95. The number of pyridine rings is 1. The van der Waals surface area contributed by atoms with E-state index in [0.717, 1.165) is 55.8 Å². The second-order valence-electron chi connectivity index (χ2n) is 8.14. The molecule has 0 amide bonds. The van der Waals surface area contributed by atoms with Crippen LogP contribution >= 0.6 is 0 Å². The van der Waals surface area contributed by atoms with Crippen LogP contribution in [0.3, 0.4) is 0 Å². The summed E-state index contributed by atoms with van der Waals surface area (Å²) in [6.07, 6.45) is 0. The lowest BCUT2D eigenvalue weighted by Gasteiger charge is -2.12. The lowest BCUT2D eigenvalue weighted by atomic mass is 10.1. The fourth-order valence-electron chi connectivity index (χ4n) is 4.54. The van der Waals surface area contributed by atoms with Crippen LogP contribution in [0.25, 0.3) is 50.0 Å². The minimum absolute atomic E-state index is 0.317. The molecule has 0 aliphatic rings. The van der Waals surface area contributed by atoms with Gasteiger partial charge in [-0.2, -0.15) is 0 Å². The first-order valence-electron chi connectivity index (χ1n) is 10.6. The molecule has 0 saturated carbocycles. The van der Waals surface area contributed by atoms with Gasteiger partial charge >= 0.3 is 0 Å². The van der Waals surface area contributed by atoms with E-state index in [1.54, 1.807) is 6.07 Å². The Kier molecular flexibility index (Phi) is 3.96. The van der Waals surface area contributed by atoms with Crippen LogP contribution in [-0.4, -0.2) is 14.5 Å². The number of nitrogens with zero attached hydrogens (tertiary/aromatic N) is 3. The zero-order valence-corrected chi connectivity index (χ0v) is 18.0. The molecular formula is C27H20FN3O. The molecule has 0 aliphatic carbocycles. The van der Waals surface area contributed by atoms with Gasteiger partial charge < -0.3 is 4.42 Å². The van der Waals surface area contributed by atoms with Crippen LogP contribution in [0.2, 0.25) is 0 Å². The molecule has 156 valence electrons. The molecule has 6 aromatic rings. The molecule has 0 saturated heterocycles. The molecule has 0 atom stereocenters. The van der Waals surface area contributed by atoms with Gasteiger partial charge in [0.1, 0.15) is 28.3 Å². The van der Waals surface area contributed by atoms with Gasteiger partial charge in [-0.05, 0) is 56.7 Å². The first kappa shape index (κ1) is 18.8. The van der Waals surface area contributed by atoms with Crippen molar-refractivity contribution in [1.29, 1.82) is 0 Å². The largest absolute Gasteiger partial charge is 0.455 e. The zero-order valence-electron chi connectivity index (χ0n) is 18.0. The standard InChI is InChI=1S/C27H20FN3O/c1-15-16(2)29-17(3)24-25(15)31(19-8-5-4-6-9-19)27(30-24)22-11-7-10-21-20-13-12-18(28)14-23(20)32-26(21)22/h4-14H,1-3H3. The van der Waals surface area contributed by atoms with Gasteiger partial charge in [0.25, 0.3) is 0 Å². The number of hydrogen-bond donors (Lipinski definition) is 0. The van der Waals surface area contributed by atoms with Gasteiger partial charge in [0.05, 0.1) is 16.8 Å². The molecule has 3 aromatic carbocycles. The van der Waals surface area contributed by atoms with E-state index in [4.69, 9.17) is 14.4 Å². The third-order valence-electron chi connectivity index (χ3n) is 6.17. The number of imidazole rings is 1. The van der Waals surface area contributed by atoms with Gasteiger partial charge in [-0.25, -0.2) is 9.37 Å². The van der Waals surface area contributed by atoms with Crippen molar-refractivity contribution < 1.29 is 8.81 Å². The Morgan fingerprint density at radius 2 is 1.62 bits per heavy atom. The van der Waals surface area contributed by atoms with Crippen molar-refractivity contribution in [1.82, 2.24) is 14.5 Å². The topological polar surface area (TPSA) is 43.9 Å². The Balaban J connectivity index is 1.78. The van der Waals surface area contributed by atoms with E-state index in [-0.39, 0.29) is 5.82 Å². The predicted octanol–water partition coefficient (Wildman–Crippen LogP) is 7.05. The molecule has 6 rings (SSSR count). The summed E-state index contributed by atoms with van der Waals surface area (Å²) in [7, 11) is 0. The highest BCUT2D eigenvalue weighted by Crippen LogP contribution is 2.39. The number of halogens is 1. The van der Waals surface area contributed by atoms with Crippen LogP contribution in [0.5, 0.6) is 0 Å². The minimum Gasteiger partial charge on any atom is -0.455 e. The predicted molar refractivity (Wildman–Crippen MR) is 126 cm³/mol. The van der Waals surface area contributed by atoms with E-state index in [0.29, 0.717) is 11.2 Å².